The van der Waals surface area contributed by atoms with Gasteiger partial charge in [-0.3, -0.25) is 4.79 Å². The number of nitriles is 1. The predicted molar refractivity (Wildman–Crippen MR) is 110 cm³/mol. The van der Waals surface area contributed by atoms with Crippen molar-refractivity contribution in [3.8, 4) is 6.07 Å². The van der Waals surface area contributed by atoms with E-state index in [-0.39, 0.29) is 5.91 Å². The van der Waals surface area contributed by atoms with E-state index in [1.165, 1.54) is 0 Å². The third-order valence-corrected chi connectivity index (χ3v) is 4.32. The Hall–Kier alpha value is -4.31. The van der Waals surface area contributed by atoms with Gasteiger partial charge in [-0.1, -0.05) is 30.3 Å². The quantitative estimate of drug-likeness (QED) is 0.546. The summed E-state index contributed by atoms with van der Waals surface area (Å²) in [6.07, 6.45) is 4.96. The van der Waals surface area contributed by atoms with E-state index in [4.69, 9.17) is 5.26 Å². The molecule has 0 unspecified atom stereocenters. The molecule has 7 nitrogen and oxygen atoms in total. The highest BCUT2D eigenvalue weighted by atomic mass is 16.1. The zero-order chi connectivity index (χ0) is 20.1. The SMILES string of the molecule is N#Cc1ccc(CNc2ncccc2C(=O)Nc2cc3ccccc3cn2)cn1. The maximum Gasteiger partial charge on any atom is 0.260 e. The second kappa shape index (κ2) is 8.15. The molecular formula is C22H16N6O. The molecule has 0 saturated heterocycles. The Morgan fingerprint density at radius 3 is 2.62 bits per heavy atom. The second-order valence-corrected chi connectivity index (χ2v) is 6.29. The number of hydrogen-bond donors (Lipinski definition) is 2. The minimum Gasteiger partial charge on any atom is -0.365 e. The summed E-state index contributed by atoms with van der Waals surface area (Å²) in [5.41, 5.74) is 1.64. The molecule has 0 radical (unpaired) electrons. The number of aromatic nitrogens is 3. The molecule has 3 aromatic heterocycles. The molecule has 4 aromatic rings. The normalized spacial score (nSPS) is 10.3. The molecule has 0 saturated carbocycles. The first kappa shape index (κ1) is 18.1. The molecule has 0 aliphatic carbocycles. The van der Waals surface area contributed by atoms with Gasteiger partial charge < -0.3 is 10.6 Å². The molecule has 0 bridgehead atoms. The fourth-order valence-corrected chi connectivity index (χ4v) is 2.85. The Labute approximate surface area is 167 Å². The fourth-order valence-electron chi connectivity index (χ4n) is 2.85. The van der Waals surface area contributed by atoms with Gasteiger partial charge in [0, 0.05) is 30.5 Å². The van der Waals surface area contributed by atoms with Crippen LogP contribution in [0.25, 0.3) is 10.8 Å². The van der Waals surface area contributed by atoms with E-state index in [1.807, 2.05) is 36.4 Å². The van der Waals surface area contributed by atoms with Crippen LogP contribution in [0.5, 0.6) is 0 Å². The van der Waals surface area contributed by atoms with Crippen LogP contribution in [0.1, 0.15) is 21.6 Å². The number of carbonyl (C=O) groups is 1. The Kier molecular flexibility index (Phi) is 5.08. The molecule has 0 fully saturated rings. The Balaban J connectivity index is 1.50. The predicted octanol–water partition coefficient (Wildman–Crippen LogP) is 3.76. The number of carbonyl (C=O) groups excluding carboxylic acids is 1. The fraction of sp³-hybridized carbons (Fsp3) is 0.0455. The smallest absolute Gasteiger partial charge is 0.260 e. The maximum atomic E-state index is 12.8. The summed E-state index contributed by atoms with van der Waals surface area (Å²) < 4.78 is 0. The van der Waals surface area contributed by atoms with E-state index >= 15 is 0 Å². The van der Waals surface area contributed by atoms with Crippen molar-refractivity contribution in [3.05, 3.63) is 90.0 Å². The van der Waals surface area contributed by atoms with Gasteiger partial charge in [0.2, 0.25) is 0 Å². The van der Waals surface area contributed by atoms with Gasteiger partial charge in [0.1, 0.15) is 23.4 Å². The van der Waals surface area contributed by atoms with Gasteiger partial charge in [-0.05, 0) is 35.2 Å². The monoisotopic (exact) mass is 380 g/mol. The molecule has 1 amide bonds. The van der Waals surface area contributed by atoms with Gasteiger partial charge >= 0.3 is 0 Å². The van der Waals surface area contributed by atoms with Crippen LogP contribution in [0, 0.1) is 11.3 Å². The van der Waals surface area contributed by atoms with Gasteiger partial charge in [-0.15, -0.1) is 0 Å². The van der Waals surface area contributed by atoms with Crippen LogP contribution in [-0.2, 0) is 6.54 Å². The van der Waals surface area contributed by atoms with Crippen LogP contribution in [-0.4, -0.2) is 20.9 Å². The number of amides is 1. The van der Waals surface area contributed by atoms with Crippen molar-refractivity contribution >= 4 is 28.3 Å². The summed E-state index contributed by atoms with van der Waals surface area (Å²) in [4.78, 5) is 25.4. The van der Waals surface area contributed by atoms with Crippen molar-refractivity contribution < 1.29 is 4.79 Å². The molecule has 7 heteroatoms. The van der Waals surface area contributed by atoms with Crippen molar-refractivity contribution in [1.29, 1.82) is 5.26 Å². The molecule has 0 spiro atoms. The van der Waals surface area contributed by atoms with Crippen LogP contribution in [0.2, 0.25) is 0 Å². The topological polar surface area (TPSA) is 104 Å². The van der Waals surface area contributed by atoms with Crippen molar-refractivity contribution in [2.75, 3.05) is 10.6 Å². The summed E-state index contributed by atoms with van der Waals surface area (Å²) in [6, 6.07) is 18.5. The molecule has 1 aromatic carbocycles. The molecular weight excluding hydrogens is 364 g/mol. The molecule has 29 heavy (non-hydrogen) atoms. The summed E-state index contributed by atoms with van der Waals surface area (Å²) in [6.45, 7) is 0.421. The van der Waals surface area contributed by atoms with Gasteiger partial charge in [-0.25, -0.2) is 15.0 Å². The van der Waals surface area contributed by atoms with Gasteiger partial charge in [-0.2, -0.15) is 5.26 Å². The van der Waals surface area contributed by atoms with Crippen LogP contribution >= 0.6 is 0 Å². The van der Waals surface area contributed by atoms with Gasteiger partial charge in [0.15, 0.2) is 0 Å². The van der Waals surface area contributed by atoms with Gasteiger partial charge in [0.25, 0.3) is 5.91 Å². The van der Waals surface area contributed by atoms with E-state index in [0.29, 0.717) is 29.4 Å². The lowest BCUT2D eigenvalue weighted by Gasteiger charge is -2.11. The number of nitrogens with zero attached hydrogens (tertiary/aromatic N) is 4. The van der Waals surface area contributed by atoms with E-state index in [9.17, 15) is 4.79 Å². The molecule has 0 aliphatic heterocycles. The largest absolute Gasteiger partial charge is 0.365 e. The van der Waals surface area contributed by atoms with Crippen molar-refractivity contribution in [2.24, 2.45) is 0 Å². The third-order valence-electron chi connectivity index (χ3n) is 4.32. The average molecular weight is 380 g/mol. The van der Waals surface area contributed by atoms with Crippen LogP contribution in [0.3, 0.4) is 0 Å². The highest BCUT2D eigenvalue weighted by Gasteiger charge is 2.13. The molecule has 2 N–H and O–H groups in total. The lowest BCUT2D eigenvalue weighted by atomic mass is 10.2. The van der Waals surface area contributed by atoms with Crippen LogP contribution in [0.15, 0.2) is 73.2 Å². The van der Waals surface area contributed by atoms with Crippen molar-refractivity contribution in [1.82, 2.24) is 15.0 Å². The molecule has 0 aliphatic rings. The molecule has 3 heterocycles. The zero-order valence-electron chi connectivity index (χ0n) is 15.3. The first-order valence-electron chi connectivity index (χ1n) is 8.93. The first-order chi connectivity index (χ1) is 14.2. The highest BCUT2D eigenvalue weighted by Crippen LogP contribution is 2.18. The number of anilines is 2. The standard InChI is InChI=1S/C22H16N6O/c23-11-18-8-7-15(12-25-18)13-27-21-19(6-3-9-24-21)22(29)28-20-10-16-4-1-2-5-17(16)14-26-20/h1-10,12,14H,13H2,(H,24,27)(H,26,28,29). The summed E-state index contributed by atoms with van der Waals surface area (Å²) in [5, 5.41) is 16.8. The number of rotatable bonds is 5. The van der Waals surface area contributed by atoms with Crippen molar-refractivity contribution in [2.45, 2.75) is 6.54 Å². The summed E-state index contributed by atoms with van der Waals surface area (Å²) >= 11 is 0. The molecule has 0 atom stereocenters. The van der Waals surface area contributed by atoms with Gasteiger partial charge in [0.05, 0.1) is 5.56 Å². The van der Waals surface area contributed by atoms with Crippen LogP contribution in [0.4, 0.5) is 11.6 Å². The first-order valence-corrected chi connectivity index (χ1v) is 8.93. The maximum absolute atomic E-state index is 12.8. The molecule has 4 rings (SSSR count). The number of benzene rings is 1. The lowest BCUT2D eigenvalue weighted by molar-refractivity contribution is 0.102. The average Bonchev–Trinajstić information content (AvgIpc) is 2.78. The summed E-state index contributed by atoms with van der Waals surface area (Å²) in [5.74, 6) is 0.622. The van der Waals surface area contributed by atoms with Crippen LogP contribution < -0.4 is 10.6 Å². The zero-order valence-corrected chi connectivity index (χ0v) is 15.3. The number of pyridine rings is 3. The number of hydrogen-bond acceptors (Lipinski definition) is 6. The van der Waals surface area contributed by atoms with E-state index < -0.39 is 0 Å². The Bertz CT molecular complexity index is 1210. The highest BCUT2D eigenvalue weighted by molar-refractivity contribution is 6.07. The number of nitrogens with one attached hydrogen (secondary N) is 2. The Morgan fingerprint density at radius 1 is 0.966 bits per heavy atom. The second-order valence-electron chi connectivity index (χ2n) is 6.29. The van der Waals surface area contributed by atoms with E-state index in [1.54, 1.807) is 42.9 Å². The number of fused-ring (bicyclic) bond motifs is 1. The van der Waals surface area contributed by atoms with E-state index in [2.05, 4.69) is 25.6 Å². The molecule has 140 valence electrons. The minimum atomic E-state index is -0.304. The third kappa shape index (κ3) is 4.17. The van der Waals surface area contributed by atoms with E-state index in [0.717, 1.165) is 16.3 Å². The Morgan fingerprint density at radius 2 is 1.83 bits per heavy atom. The lowest BCUT2D eigenvalue weighted by Crippen LogP contribution is -2.16. The minimum absolute atomic E-state index is 0.304. The van der Waals surface area contributed by atoms with Crippen molar-refractivity contribution in [3.63, 3.8) is 0 Å². The summed E-state index contributed by atoms with van der Waals surface area (Å²) in [7, 11) is 0.